The molecule has 4 rings (SSSR count). The van der Waals surface area contributed by atoms with E-state index in [1.165, 1.54) is 16.8 Å². The van der Waals surface area contributed by atoms with Gasteiger partial charge in [0.1, 0.15) is 24.0 Å². The van der Waals surface area contributed by atoms with Crippen molar-refractivity contribution in [1.82, 2.24) is 5.01 Å². The van der Waals surface area contributed by atoms with Crippen LogP contribution in [-0.2, 0) is 4.79 Å². The molecule has 0 aliphatic carbocycles. The van der Waals surface area contributed by atoms with Gasteiger partial charge in [0.25, 0.3) is 5.91 Å². The van der Waals surface area contributed by atoms with E-state index in [-0.39, 0.29) is 17.3 Å². The predicted molar refractivity (Wildman–Crippen MR) is 140 cm³/mol. The second-order valence-corrected chi connectivity index (χ2v) is 9.53. The van der Waals surface area contributed by atoms with Crippen LogP contribution >= 0.6 is 11.8 Å². The molecule has 35 heavy (non-hydrogen) atoms. The molecule has 1 amide bonds. The van der Waals surface area contributed by atoms with Crippen molar-refractivity contribution >= 4 is 39.8 Å². The number of amides is 1. The van der Waals surface area contributed by atoms with E-state index in [4.69, 9.17) is 19.6 Å². The Kier molecular flexibility index (Phi) is 7.25. The van der Waals surface area contributed by atoms with E-state index >= 15 is 0 Å². The van der Waals surface area contributed by atoms with Crippen molar-refractivity contribution in [3.05, 3.63) is 58.7 Å². The van der Waals surface area contributed by atoms with Crippen LogP contribution in [-0.4, -0.2) is 47.3 Å². The molecule has 0 bridgehead atoms. The number of nitrogens with one attached hydrogen (secondary N) is 1. The maximum Gasteiger partial charge on any atom is 0.283 e. The first kappa shape index (κ1) is 24.5. The van der Waals surface area contributed by atoms with Gasteiger partial charge in [0.15, 0.2) is 17.3 Å². The first-order chi connectivity index (χ1) is 16.7. The Morgan fingerprint density at radius 1 is 1.06 bits per heavy atom. The first-order valence-electron chi connectivity index (χ1n) is 11.3. The van der Waals surface area contributed by atoms with Gasteiger partial charge in [-0.3, -0.25) is 10.2 Å². The largest absolute Gasteiger partial charge is 0.493 e. The van der Waals surface area contributed by atoms with E-state index in [0.29, 0.717) is 35.4 Å². The molecule has 1 N–H and O–H groups in total. The van der Waals surface area contributed by atoms with Crippen molar-refractivity contribution in [2.24, 2.45) is 16.0 Å². The van der Waals surface area contributed by atoms with E-state index < -0.39 is 5.91 Å². The minimum Gasteiger partial charge on any atom is -0.493 e. The lowest BCUT2D eigenvalue weighted by Gasteiger charge is -2.20. The van der Waals surface area contributed by atoms with Crippen LogP contribution < -0.4 is 14.2 Å². The van der Waals surface area contributed by atoms with Crippen molar-refractivity contribution in [3.63, 3.8) is 0 Å². The molecular formula is C26H28N4O4S. The maximum atomic E-state index is 12.6. The third-order valence-electron chi connectivity index (χ3n) is 5.27. The zero-order valence-electron chi connectivity index (χ0n) is 20.4. The number of methoxy groups -OCH3 is 1. The van der Waals surface area contributed by atoms with E-state index in [0.717, 1.165) is 21.9 Å². The maximum absolute atomic E-state index is 12.6. The van der Waals surface area contributed by atoms with Crippen LogP contribution in [0, 0.1) is 25.2 Å². The third kappa shape index (κ3) is 5.57. The van der Waals surface area contributed by atoms with Crippen LogP contribution in [0.1, 0.15) is 30.5 Å². The summed E-state index contributed by atoms with van der Waals surface area (Å²) >= 11 is 1.33. The first-order valence-corrected chi connectivity index (χ1v) is 12.1. The number of thioether (sulfide) groups is 1. The summed E-state index contributed by atoms with van der Waals surface area (Å²) in [6, 6.07) is 11.4. The SMILES string of the molecule is COc1cc(/C=C2\C(=N)N3N=C(C(C)C)SC3=NC2=O)ccc1OCCOc1cc(C)cc(C)c1. The summed E-state index contributed by atoms with van der Waals surface area (Å²) in [7, 11) is 1.55. The fourth-order valence-corrected chi connectivity index (χ4v) is 4.52. The van der Waals surface area contributed by atoms with Gasteiger partial charge >= 0.3 is 0 Å². The van der Waals surface area contributed by atoms with Gasteiger partial charge in [-0.25, -0.2) is 0 Å². The molecule has 0 saturated carbocycles. The summed E-state index contributed by atoms with van der Waals surface area (Å²) in [6.45, 7) is 8.82. The lowest BCUT2D eigenvalue weighted by Crippen LogP contribution is -2.35. The van der Waals surface area contributed by atoms with E-state index in [2.05, 4.69) is 16.2 Å². The molecule has 0 atom stereocenters. The number of aryl methyl sites for hydroxylation is 2. The lowest BCUT2D eigenvalue weighted by molar-refractivity contribution is -0.114. The van der Waals surface area contributed by atoms with Crippen LogP contribution in [0.2, 0.25) is 0 Å². The van der Waals surface area contributed by atoms with Crippen molar-refractivity contribution in [1.29, 1.82) is 5.41 Å². The summed E-state index contributed by atoms with van der Waals surface area (Å²) in [4.78, 5) is 16.7. The quantitative estimate of drug-likeness (QED) is 0.409. The van der Waals surface area contributed by atoms with Gasteiger partial charge in [0.05, 0.1) is 12.7 Å². The Balaban J connectivity index is 1.44. The number of ether oxygens (including phenoxy) is 3. The standard InChI is InChI=1S/C26H28N4O4S/c1-15(2)25-29-30-23(27)20(24(31)28-26(30)35-25)13-18-6-7-21(22(14-18)32-5)34-9-8-33-19-11-16(3)10-17(4)12-19/h6-7,10-15,27H,8-9H2,1-5H3/b20-13+,27-23?. The number of fused-ring (bicyclic) bond motifs is 1. The smallest absolute Gasteiger partial charge is 0.283 e. The molecule has 8 nitrogen and oxygen atoms in total. The normalized spacial score (nSPS) is 16.4. The zero-order valence-corrected chi connectivity index (χ0v) is 21.2. The summed E-state index contributed by atoms with van der Waals surface area (Å²) in [5.74, 6) is 1.62. The lowest BCUT2D eigenvalue weighted by atomic mass is 10.1. The average Bonchev–Trinajstić information content (AvgIpc) is 3.24. The second-order valence-electron chi connectivity index (χ2n) is 8.54. The average molecular weight is 493 g/mol. The second kappa shape index (κ2) is 10.4. The molecule has 182 valence electrons. The molecule has 0 aromatic heterocycles. The van der Waals surface area contributed by atoms with E-state index in [9.17, 15) is 4.79 Å². The number of benzene rings is 2. The fourth-order valence-electron chi connectivity index (χ4n) is 3.63. The highest BCUT2D eigenvalue weighted by atomic mass is 32.2. The highest BCUT2D eigenvalue weighted by Crippen LogP contribution is 2.32. The summed E-state index contributed by atoms with van der Waals surface area (Å²) in [6.07, 6.45) is 1.62. The van der Waals surface area contributed by atoms with E-state index in [1.807, 2.05) is 39.8 Å². The summed E-state index contributed by atoms with van der Waals surface area (Å²) in [5.41, 5.74) is 3.15. The molecule has 0 saturated heterocycles. The van der Waals surface area contributed by atoms with Gasteiger partial charge < -0.3 is 14.2 Å². The monoisotopic (exact) mass is 492 g/mol. The van der Waals surface area contributed by atoms with Crippen molar-refractivity contribution in [2.75, 3.05) is 20.3 Å². The Morgan fingerprint density at radius 3 is 2.46 bits per heavy atom. The predicted octanol–water partition coefficient (Wildman–Crippen LogP) is 5.05. The van der Waals surface area contributed by atoms with Gasteiger partial charge in [-0.2, -0.15) is 15.1 Å². The molecular weight excluding hydrogens is 464 g/mol. The molecule has 2 heterocycles. The summed E-state index contributed by atoms with van der Waals surface area (Å²) < 4.78 is 17.1. The van der Waals surface area contributed by atoms with Crippen molar-refractivity contribution in [3.8, 4) is 17.2 Å². The number of hydrazone groups is 1. The third-order valence-corrected chi connectivity index (χ3v) is 6.48. The van der Waals surface area contributed by atoms with Crippen LogP contribution in [0.4, 0.5) is 0 Å². The number of carbonyl (C=O) groups is 1. The molecule has 2 aromatic carbocycles. The molecule has 2 aliphatic rings. The Labute approximate surface area is 209 Å². The highest BCUT2D eigenvalue weighted by molar-refractivity contribution is 8.27. The Morgan fingerprint density at radius 2 is 1.77 bits per heavy atom. The van der Waals surface area contributed by atoms with Gasteiger partial charge in [-0.05, 0) is 72.6 Å². The van der Waals surface area contributed by atoms with Gasteiger partial charge in [-0.1, -0.05) is 26.0 Å². The van der Waals surface area contributed by atoms with Gasteiger partial charge in [-0.15, -0.1) is 0 Å². The van der Waals surface area contributed by atoms with Gasteiger partial charge in [0, 0.05) is 5.92 Å². The topological polar surface area (TPSA) is 96.6 Å². The van der Waals surface area contributed by atoms with Crippen LogP contribution in [0.3, 0.4) is 0 Å². The van der Waals surface area contributed by atoms with Crippen LogP contribution in [0.15, 0.2) is 52.1 Å². The highest BCUT2D eigenvalue weighted by Gasteiger charge is 2.36. The molecule has 0 fully saturated rings. The van der Waals surface area contributed by atoms with Crippen molar-refractivity contribution < 1.29 is 19.0 Å². The molecule has 0 unspecified atom stereocenters. The molecule has 0 spiro atoms. The molecule has 0 radical (unpaired) electrons. The fraction of sp³-hybridized carbons (Fsp3) is 0.308. The minimum atomic E-state index is -0.461. The summed E-state index contributed by atoms with van der Waals surface area (Å²) in [5, 5.41) is 15.6. The Bertz CT molecular complexity index is 1250. The van der Waals surface area contributed by atoms with Crippen LogP contribution in [0.5, 0.6) is 17.2 Å². The van der Waals surface area contributed by atoms with Crippen LogP contribution in [0.25, 0.3) is 6.08 Å². The Hall–Kier alpha value is -3.59. The van der Waals surface area contributed by atoms with E-state index in [1.54, 1.807) is 31.4 Å². The molecule has 2 aliphatic heterocycles. The number of rotatable bonds is 8. The number of carbonyl (C=O) groups excluding carboxylic acids is 1. The number of aliphatic imine (C=N–C) groups is 1. The number of hydrogen-bond donors (Lipinski definition) is 1. The zero-order chi connectivity index (χ0) is 25.1. The molecule has 9 heteroatoms. The van der Waals surface area contributed by atoms with Gasteiger partial charge in [0.2, 0.25) is 5.17 Å². The number of nitrogens with zero attached hydrogens (tertiary/aromatic N) is 3. The number of amidine groups is 2. The molecule has 2 aromatic rings. The van der Waals surface area contributed by atoms with Crippen molar-refractivity contribution in [2.45, 2.75) is 27.7 Å². The minimum absolute atomic E-state index is 0.00553. The number of hydrogen-bond acceptors (Lipinski definition) is 7.